The second kappa shape index (κ2) is 18.4. The molecule has 30 heavy (non-hydrogen) atoms. The Bertz CT molecular complexity index is 553. The lowest BCUT2D eigenvalue weighted by molar-refractivity contribution is -0.241. The lowest BCUT2D eigenvalue weighted by atomic mass is 10.0. The first kappa shape index (κ1) is 26.7. The Hall–Kier alpha value is -1.35. The van der Waals surface area contributed by atoms with Gasteiger partial charge in [0.25, 0.3) is 0 Å². The maximum Gasteiger partial charge on any atom is 0.373 e. The summed E-state index contributed by atoms with van der Waals surface area (Å²) in [6, 6.07) is 5.76. The first-order valence-electron chi connectivity index (χ1n) is 12.4. The standard InChI is InChI=1S/C27H45O3/c1-4-5-6-7-8-9-10-11-12-13-14-15-16-17-18-19-22-29-30-27(28)26-23-24(2)20-21-25(26)3/h20-21,23H,1,4-19,22H2,2-3H3. The van der Waals surface area contributed by atoms with E-state index in [1.54, 1.807) is 0 Å². The van der Waals surface area contributed by atoms with Crippen molar-refractivity contribution in [1.82, 2.24) is 0 Å². The van der Waals surface area contributed by atoms with Crippen LogP contribution < -0.4 is 0 Å². The molecular formula is C27H45O3. The molecule has 0 aromatic heterocycles. The van der Waals surface area contributed by atoms with Crippen LogP contribution in [0.25, 0.3) is 0 Å². The van der Waals surface area contributed by atoms with Gasteiger partial charge in [-0.25, -0.2) is 4.79 Å². The fourth-order valence-electron chi connectivity index (χ4n) is 3.73. The van der Waals surface area contributed by atoms with Crippen molar-refractivity contribution < 1.29 is 14.6 Å². The minimum absolute atomic E-state index is 0.398. The lowest BCUT2D eigenvalue weighted by Crippen LogP contribution is -2.09. The Kier molecular flexibility index (Phi) is 16.4. The third kappa shape index (κ3) is 13.8. The van der Waals surface area contributed by atoms with Crippen LogP contribution in [0.3, 0.4) is 0 Å². The van der Waals surface area contributed by atoms with Crippen LogP contribution in [0.4, 0.5) is 0 Å². The van der Waals surface area contributed by atoms with Crippen molar-refractivity contribution >= 4 is 5.97 Å². The van der Waals surface area contributed by atoms with Gasteiger partial charge in [-0.05, 0) is 31.9 Å². The van der Waals surface area contributed by atoms with Gasteiger partial charge >= 0.3 is 5.97 Å². The number of carbonyl (C=O) groups is 1. The summed E-state index contributed by atoms with van der Waals surface area (Å²) in [6.45, 7) is 8.24. The van der Waals surface area contributed by atoms with Gasteiger partial charge in [0, 0.05) is 0 Å². The smallest absolute Gasteiger partial charge is 0.293 e. The summed E-state index contributed by atoms with van der Waals surface area (Å²) in [6.07, 6.45) is 20.9. The summed E-state index contributed by atoms with van der Waals surface area (Å²) in [7, 11) is 0. The van der Waals surface area contributed by atoms with E-state index in [1.165, 1.54) is 83.5 Å². The summed E-state index contributed by atoms with van der Waals surface area (Å²) >= 11 is 0. The van der Waals surface area contributed by atoms with E-state index in [4.69, 9.17) is 9.78 Å². The van der Waals surface area contributed by atoms with Crippen molar-refractivity contribution in [2.75, 3.05) is 6.61 Å². The minimum atomic E-state index is -0.398. The van der Waals surface area contributed by atoms with E-state index < -0.39 is 5.97 Å². The maximum absolute atomic E-state index is 12.0. The Morgan fingerprint density at radius 1 is 0.733 bits per heavy atom. The normalized spacial score (nSPS) is 11.0. The molecule has 0 spiro atoms. The molecule has 3 heteroatoms. The van der Waals surface area contributed by atoms with Crippen LogP contribution in [-0.4, -0.2) is 12.6 Å². The Labute approximate surface area is 185 Å². The fourth-order valence-corrected chi connectivity index (χ4v) is 3.73. The quantitative estimate of drug-likeness (QED) is 0.129. The first-order valence-corrected chi connectivity index (χ1v) is 12.4. The van der Waals surface area contributed by atoms with Crippen LogP contribution >= 0.6 is 0 Å². The number of unbranched alkanes of at least 4 members (excludes halogenated alkanes) is 15. The second-order valence-electron chi connectivity index (χ2n) is 8.67. The van der Waals surface area contributed by atoms with Crippen LogP contribution in [0.2, 0.25) is 0 Å². The molecule has 1 radical (unpaired) electrons. The zero-order valence-corrected chi connectivity index (χ0v) is 19.7. The minimum Gasteiger partial charge on any atom is -0.293 e. The van der Waals surface area contributed by atoms with Crippen molar-refractivity contribution in [3.05, 3.63) is 41.8 Å². The molecule has 0 saturated heterocycles. The summed E-state index contributed by atoms with van der Waals surface area (Å²) in [5, 5.41) is 0. The van der Waals surface area contributed by atoms with Crippen molar-refractivity contribution in [2.45, 2.75) is 117 Å². The Morgan fingerprint density at radius 3 is 1.70 bits per heavy atom. The van der Waals surface area contributed by atoms with E-state index >= 15 is 0 Å². The molecule has 1 aromatic rings. The summed E-state index contributed by atoms with van der Waals surface area (Å²) in [4.78, 5) is 22.1. The molecule has 0 aliphatic carbocycles. The highest BCUT2D eigenvalue weighted by atomic mass is 17.2. The monoisotopic (exact) mass is 417 g/mol. The SMILES string of the molecule is [CH2]CCCCCCCCCCCCCCCCCOOC(=O)c1cc(C)ccc1C. The molecule has 0 amide bonds. The predicted molar refractivity (Wildman–Crippen MR) is 127 cm³/mol. The van der Waals surface area contributed by atoms with Crippen molar-refractivity contribution in [3.63, 3.8) is 0 Å². The van der Waals surface area contributed by atoms with Crippen molar-refractivity contribution in [1.29, 1.82) is 0 Å². The van der Waals surface area contributed by atoms with E-state index in [9.17, 15) is 4.79 Å². The summed E-state index contributed by atoms with van der Waals surface area (Å²) < 4.78 is 0. The van der Waals surface area contributed by atoms with Gasteiger partial charge in [-0.3, -0.25) is 4.89 Å². The number of carbonyl (C=O) groups excluding carboxylic acids is 1. The fraction of sp³-hybridized carbons (Fsp3) is 0.704. The average molecular weight is 418 g/mol. The van der Waals surface area contributed by atoms with Crippen molar-refractivity contribution in [2.24, 2.45) is 0 Å². The van der Waals surface area contributed by atoms with E-state index in [-0.39, 0.29) is 0 Å². The van der Waals surface area contributed by atoms with Gasteiger partial charge in [0.1, 0.15) is 0 Å². The lowest BCUT2D eigenvalue weighted by Gasteiger charge is -2.07. The molecule has 0 saturated carbocycles. The number of aryl methyl sites for hydroxylation is 2. The largest absolute Gasteiger partial charge is 0.373 e. The number of hydrogen-bond donors (Lipinski definition) is 0. The highest BCUT2D eigenvalue weighted by Gasteiger charge is 2.11. The Morgan fingerprint density at radius 2 is 1.20 bits per heavy atom. The first-order chi connectivity index (χ1) is 14.6. The third-order valence-corrected chi connectivity index (χ3v) is 5.73. The molecule has 1 aromatic carbocycles. The molecule has 0 aliphatic heterocycles. The van der Waals surface area contributed by atoms with Gasteiger partial charge < -0.3 is 0 Å². The van der Waals surface area contributed by atoms with E-state index in [0.717, 1.165) is 30.4 Å². The molecule has 0 fully saturated rings. The van der Waals surface area contributed by atoms with Gasteiger partial charge in [-0.2, -0.15) is 4.89 Å². The molecule has 0 atom stereocenters. The number of rotatable bonds is 19. The van der Waals surface area contributed by atoms with E-state index in [1.807, 2.05) is 32.0 Å². The van der Waals surface area contributed by atoms with Crippen LogP contribution in [0.15, 0.2) is 18.2 Å². The highest BCUT2D eigenvalue weighted by molar-refractivity contribution is 5.90. The Balaban J connectivity index is 1.82. The molecule has 171 valence electrons. The van der Waals surface area contributed by atoms with Crippen molar-refractivity contribution in [3.8, 4) is 0 Å². The van der Waals surface area contributed by atoms with Gasteiger partial charge in [-0.15, -0.1) is 0 Å². The van der Waals surface area contributed by atoms with Gasteiger partial charge in [0.2, 0.25) is 0 Å². The number of hydrogen-bond acceptors (Lipinski definition) is 3. The van der Waals surface area contributed by atoms with Gasteiger partial charge in [0.15, 0.2) is 0 Å². The van der Waals surface area contributed by atoms with Crippen LogP contribution in [0.5, 0.6) is 0 Å². The molecule has 0 unspecified atom stereocenters. The topological polar surface area (TPSA) is 35.5 Å². The summed E-state index contributed by atoms with van der Waals surface area (Å²) in [5.41, 5.74) is 2.54. The molecule has 0 aliphatic rings. The van der Waals surface area contributed by atoms with Gasteiger partial charge in [-0.1, -0.05) is 121 Å². The second-order valence-corrected chi connectivity index (χ2v) is 8.67. The maximum atomic E-state index is 12.0. The van der Waals surface area contributed by atoms with E-state index in [2.05, 4.69) is 6.92 Å². The van der Waals surface area contributed by atoms with Crippen LogP contribution in [-0.2, 0) is 9.78 Å². The van der Waals surface area contributed by atoms with Crippen LogP contribution in [0, 0.1) is 20.8 Å². The summed E-state index contributed by atoms with van der Waals surface area (Å²) in [5.74, 6) is -0.398. The van der Waals surface area contributed by atoms with Crippen LogP contribution in [0.1, 0.15) is 124 Å². The highest BCUT2D eigenvalue weighted by Crippen LogP contribution is 2.14. The number of benzene rings is 1. The zero-order chi connectivity index (χ0) is 21.9. The molecular weight excluding hydrogens is 372 g/mol. The molecule has 0 N–H and O–H groups in total. The zero-order valence-electron chi connectivity index (χ0n) is 19.7. The van der Waals surface area contributed by atoms with E-state index in [0.29, 0.717) is 12.2 Å². The molecule has 1 rings (SSSR count). The molecule has 3 nitrogen and oxygen atoms in total. The van der Waals surface area contributed by atoms with Gasteiger partial charge in [0.05, 0.1) is 12.2 Å². The average Bonchev–Trinajstić information content (AvgIpc) is 2.74. The molecule has 0 heterocycles. The molecule has 0 bridgehead atoms. The predicted octanol–water partition coefficient (Wildman–Crippen LogP) is 8.47. The third-order valence-electron chi connectivity index (χ3n) is 5.73.